The van der Waals surface area contributed by atoms with Gasteiger partial charge in [-0.15, -0.1) is 6.58 Å². The molecule has 1 aliphatic heterocycles. The number of ether oxygens (including phenoxy) is 2. The third-order valence-corrected chi connectivity index (χ3v) is 6.09. The Morgan fingerprint density at radius 3 is 2.09 bits per heavy atom. The SMILES string of the molecule is C=CC(C)(OC1O[C@H](CO)[C@@H](O)[C@H](O)[C@H]1O)C(CC=C(C)C)CC=C(C)CCC=C(C)C. The number of aliphatic hydroxyl groups is 4. The molecule has 0 bridgehead atoms. The zero-order valence-corrected chi connectivity index (χ0v) is 20.6. The van der Waals surface area contributed by atoms with Crippen LogP contribution in [0.4, 0.5) is 0 Å². The number of allylic oxidation sites excluding steroid dienone is 6. The molecule has 1 rings (SSSR count). The Labute approximate surface area is 194 Å². The molecule has 6 nitrogen and oxygen atoms in total. The average Bonchev–Trinajstić information content (AvgIpc) is 2.73. The molecule has 1 heterocycles. The second-order valence-corrected chi connectivity index (χ2v) is 9.52. The van der Waals surface area contributed by atoms with Gasteiger partial charge in [0.25, 0.3) is 0 Å². The first kappa shape index (κ1) is 28.8. The molecule has 1 saturated heterocycles. The van der Waals surface area contributed by atoms with Crippen molar-refractivity contribution in [2.45, 2.75) is 104 Å². The quantitative estimate of drug-likeness (QED) is 0.336. The Morgan fingerprint density at radius 2 is 1.56 bits per heavy atom. The van der Waals surface area contributed by atoms with Gasteiger partial charge in [-0.2, -0.15) is 0 Å². The van der Waals surface area contributed by atoms with Crippen LogP contribution in [0, 0.1) is 5.92 Å². The van der Waals surface area contributed by atoms with E-state index in [1.807, 2.05) is 20.8 Å². The van der Waals surface area contributed by atoms with E-state index in [1.165, 1.54) is 16.7 Å². The van der Waals surface area contributed by atoms with Gasteiger partial charge in [0.15, 0.2) is 6.29 Å². The third-order valence-electron chi connectivity index (χ3n) is 6.09. The highest BCUT2D eigenvalue weighted by Crippen LogP contribution is 2.35. The number of aliphatic hydroxyl groups excluding tert-OH is 4. The molecule has 184 valence electrons. The van der Waals surface area contributed by atoms with Crippen LogP contribution in [0.25, 0.3) is 0 Å². The molecule has 0 saturated carbocycles. The monoisotopic (exact) mass is 452 g/mol. The Balaban J connectivity index is 3.06. The lowest BCUT2D eigenvalue weighted by Crippen LogP contribution is -2.61. The van der Waals surface area contributed by atoms with Gasteiger partial charge < -0.3 is 29.9 Å². The van der Waals surface area contributed by atoms with Crippen molar-refractivity contribution >= 4 is 0 Å². The number of hydrogen-bond acceptors (Lipinski definition) is 6. The van der Waals surface area contributed by atoms with Crippen LogP contribution in [-0.2, 0) is 9.47 Å². The summed E-state index contributed by atoms with van der Waals surface area (Å²) in [6.07, 6.45) is 5.20. The highest BCUT2D eigenvalue weighted by molar-refractivity contribution is 5.09. The van der Waals surface area contributed by atoms with Crippen LogP contribution < -0.4 is 0 Å². The summed E-state index contributed by atoms with van der Waals surface area (Å²) in [6.45, 7) is 15.8. The van der Waals surface area contributed by atoms with Gasteiger partial charge in [0.2, 0.25) is 0 Å². The second-order valence-electron chi connectivity index (χ2n) is 9.52. The van der Waals surface area contributed by atoms with Crippen LogP contribution in [0.2, 0.25) is 0 Å². The first-order valence-electron chi connectivity index (χ1n) is 11.5. The molecule has 1 fully saturated rings. The van der Waals surface area contributed by atoms with Crippen LogP contribution in [0.5, 0.6) is 0 Å². The molecule has 0 radical (unpaired) electrons. The van der Waals surface area contributed by atoms with E-state index in [4.69, 9.17) is 9.47 Å². The van der Waals surface area contributed by atoms with Crippen LogP contribution in [-0.4, -0.2) is 63.3 Å². The number of rotatable bonds is 12. The van der Waals surface area contributed by atoms with Crippen LogP contribution in [0.3, 0.4) is 0 Å². The van der Waals surface area contributed by atoms with Crippen molar-refractivity contribution in [1.29, 1.82) is 0 Å². The first-order chi connectivity index (χ1) is 14.9. The molecule has 6 heteroatoms. The molecule has 0 amide bonds. The van der Waals surface area contributed by atoms with Gasteiger partial charge in [-0.25, -0.2) is 0 Å². The molecular formula is C26H44O6. The fourth-order valence-electron chi connectivity index (χ4n) is 3.70. The molecule has 0 spiro atoms. The van der Waals surface area contributed by atoms with Gasteiger partial charge in [0, 0.05) is 0 Å². The molecule has 4 N–H and O–H groups in total. The summed E-state index contributed by atoms with van der Waals surface area (Å²) >= 11 is 0. The molecule has 0 aromatic rings. The molecular weight excluding hydrogens is 408 g/mol. The average molecular weight is 453 g/mol. The van der Waals surface area contributed by atoms with Crippen LogP contribution in [0.1, 0.15) is 67.2 Å². The zero-order valence-electron chi connectivity index (χ0n) is 20.6. The molecule has 0 aromatic carbocycles. The van der Waals surface area contributed by atoms with Gasteiger partial charge in [-0.1, -0.05) is 41.0 Å². The van der Waals surface area contributed by atoms with E-state index in [0.717, 1.165) is 25.7 Å². The normalized spacial score (nSPS) is 29.1. The lowest BCUT2D eigenvalue weighted by atomic mass is 9.82. The standard InChI is InChI=1S/C26H44O6/c1-8-26(7,32-25-24(30)23(29)22(28)21(16-27)31-25)20(14-12-18(4)5)15-13-19(6)11-9-10-17(2)3/h8,10,12-13,20-25,27-30H,1,9,11,14-16H2,2-7H3/t20?,21-,22-,23+,24-,25?,26?/m1/s1. The smallest absolute Gasteiger partial charge is 0.187 e. The first-order valence-corrected chi connectivity index (χ1v) is 11.5. The van der Waals surface area contributed by atoms with Crippen molar-refractivity contribution in [3.05, 3.63) is 47.6 Å². The number of hydrogen-bond donors (Lipinski definition) is 4. The summed E-state index contributed by atoms with van der Waals surface area (Å²) in [6, 6.07) is 0. The zero-order chi connectivity index (χ0) is 24.5. The summed E-state index contributed by atoms with van der Waals surface area (Å²) < 4.78 is 11.8. The fourth-order valence-corrected chi connectivity index (χ4v) is 3.70. The van der Waals surface area contributed by atoms with Gasteiger partial charge >= 0.3 is 0 Å². The van der Waals surface area contributed by atoms with E-state index in [2.05, 4.69) is 45.6 Å². The Bertz CT molecular complexity index is 672. The predicted octanol–water partition coefficient (Wildman–Crippen LogP) is 3.80. The van der Waals surface area contributed by atoms with Crippen molar-refractivity contribution in [3.8, 4) is 0 Å². The van der Waals surface area contributed by atoms with Crippen molar-refractivity contribution in [2.24, 2.45) is 5.92 Å². The van der Waals surface area contributed by atoms with Crippen molar-refractivity contribution in [1.82, 2.24) is 0 Å². The molecule has 0 aliphatic carbocycles. The lowest BCUT2D eigenvalue weighted by molar-refractivity contribution is -0.324. The minimum Gasteiger partial charge on any atom is -0.394 e. The maximum Gasteiger partial charge on any atom is 0.187 e. The molecule has 1 aliphatic rings. The van der Waals surface area contributed by atoms with E-state index < -0.39 is 42.9 Å². The van der Waals surface area contributed by atoms with Crippen molar-refractivity contribution < 1.29 is 29.9 Å². The minimum absolute atomic E-state index is 0.000623. The van der Waals surface area contributed by atoms with Gasteiger partial charge in [-0.05, 0) is 73.1 Å². The second kappa shape index (κ2) is 13.4. The fraction of sp³-hybridized carbons (Fsp3) is 0.692. The Hall–Kier alpha value is -1.28. The predicted molar refractivity (Wildman–Crippen MR) is 128 cm³/mol. The third kappa shape index (κ3) is 8.58. The van der Waals surface area contributed by atoms with Crippen LogP contribution >= 0.6 is 0 Å². The van der Waals surface area contributed by atoms with E-state index >= 15 is 0 Å². The van der Waals surface area contributed by atoms with E-state index in [9.17, 15) is 20.4 Å². The topological polar surface area (TPSA) is 99.4 Å². The van der Waals surface area contributed by atoms with E-state index in [-0.39, 0.29) is 5.92 Å². The summed E-state index contributed by atoms with van der Waals surface area (Å²) in [5.41, 5.74) is 2.92. The molecule has 3 unspecified atom stereocenters. The van der Waals surface area contributed by atoms with Crippen molar-refractivity contribution in [2.75, 3.05) is 6.61 Å². The molecule has 32 heavy (non-hydrogen) atoms. The highest BCUT2D eigenvalue weighted by Gasteiger charge is 2.47. The van der Waals surface area contributed by atoms with E-state index in [1.54, 1.807) is 6.08 Å². The molecule has 0 aromatic heterocycles. The van der Waals surface area contributed by atoms with Crippen LogP contribution in [0.15, 0.2) is 47.6 Å². The lowest BCUT2D eigenvalue weighted by Gasteiger charge is -2.44. The summed E-state index contributed by atoms with van der Waals surface area (Å²) in [7, 11) is 0. The minimum atomic E-state index is -1.48. The maximum atomic E-state index is 10.4. The van der Waals surface area contributed by atoms with Crippen molar-refractivity contribution in [3.63, 3.8) is 0 Å². The maximum absolute atomic E-state index is 10.4. The summed E-state index contributed by atoms with van der Waals surface area (Å²) in [4.78, 5) is 0. The van der Waals surface area contributed by atoms with Gasteiger partial charge in [0.1, 0.15) is 24.4 Å². The largest absolute Gasteiger partial charge is 0.394 e. The Morgan fingerprint density at radius 1 is 0.969 bits per heavy atom. The highest BCUT2D eigenvalue weighted by atomic mass is 16.7. The van der Waals surface area contributed by atoms with Gasteiger partial charge in [-0.3, -0.25) is 0 Å². The molecule has 7 atom stereocenters. The van der Waals surface area contributed by atoms with Gasteiger partial charge in [0.05, 0.1) is 12.2 Å². The summed E-state index contributed by atoms with van der Waals surface area (Å²) in [5.74, 6) is 0.000623. The van der Waals surface area contributed by atoms with E-state index in [0.29, 0.717) is 0 Å². The summed E-state index contributed by atoms with van der Waals surface area (Å²) in [5, 5.41) is 40.1. The Kier molecular flexibility index (Phi) is 12.1.